The van der Waals surface area contributed by atoms with Crippen molar-refractivity contribution < 1.29 is 18.0 Å². The van der Waals surface area contributed by atoms with Crippen molar-refractivity contribution in [2.75, 3.05) is 17.4 Å². The van der Waals surface area contributed by atoms with Gasteiger partial charge in [-0.15, -0.1) is 0 Å². The zero-order valence-corrected chi connectivity index (χ0v) is 24.1. The summed E-state index contributed by atoms with van der Waals surface area (Å²) in [6.45, 7) is 7.89. The molecule has 1 unspecified atom stereocenters. The summed E-state index contributed by atoms with van der Waals surface area (Å²) < 4.78 is 29.0. The van der Waals surface area contributed by atoms with Crippen LogP contribution in [0.4, 0.5) is 5.69 Å². The van der Waals surface area contributed by atoms with Crippen LogP contribution in [0.25, 0.3) is 0 Å². The lowest BCUT2D eigenvalue weighted by molar-refractivity contribution is -0.139. The van der Waals surface area contributed by atoms with Crippen LogP contribution in [0.2, 0.25) is 0 Å². The van der Waals surface area contributed by atoms with Gasteiger partial charge in [0.2, 0.25) is 11.8 Å². The Kier molecular flexibility index (Phi) is 10.7. The van der Waals surface area contributed by atoms with Crippen molar-refractivity contribution in [2.24, 2.45) is 0 Å². The molecule has 3 aromatic rings. The summed E-state index contributed by atoms with van der Waals surface area (Å²) >= 11 is 0. The second-order valence-electron chi connectivity index (χ2n) is 9.64. The predicted molar refractivity (Wildman–Crippen MR) is 156 cm³/mol. The Balaban J connectivity index is 2.02. The Morgan fingerprint density at radius 3 is 2.28 bits per heavy atom. The predicted octanol–water partition coefficient (Wildman–Crippen LogP) is 5.09. The van der Waals surface area contributed by atoms with Crippen molar-refractivity contribution in [1.82, 2.24) is 10.2 Å². The average Bonchev–Trinajstić information content (AvgIpc) is 2.94. The molecule has 39 heavy (non-hydrogen) atoms. The highest BCUT2D eigenvalue weighted by Crippen LogP contribution is 2.28. The molecule has 3 aromatic carbocycles. The molecule has 8 heteroatoms. The normalized spacial score (nSPS) is 12.0. The number of hydrogen-bond donors (Lipinski definition) is 1. The smallest absolute Gasteiger partial charge is 0.264 e. The van der Waals surface area contributed by atoms with E-state index in [-0.39, 0.29) is 17.3 Å². The summed E-state index contributed by atoms with van der Waals surface area (Å²) in [6, 6.07) is 22.3. The molecule has 0 heterocycles. The van der Waals surface area contributed by atoms with Crippen molar-refractivity contribution in [3.8, 4) is 0 Å². The van der Waals surface area contributed by atoms with Crippen LogP contribution in [0.1, 0.15) is 50.3 Å². The number of rotatable bonds is 13. The van der Waals surface area contributed by atoms with Crippen LogP contribution in [0.5, 0.6) is 0 Å². The van der Waals surface area contributed by atoms with Crippen LogP contribution in [-0.4, -0.2) is 44.3 Å². The van der Waals surface area contributed by atoms with Gasteiger partial charge >= 0.3 is 0 Å². The number of nitrogens with zero attached hydrogens (tertiary/aromatic N) is 2. The maximum Gasteiger partial charge on any atom is 0.264 e. The van der Waals surface area contributed by atoms with Gasteiger partial charge in [-0.1, -0.05) is 86.5 Å². The highest BCUT2D eigenvalue weighted by atomic mass is 32.2. The lowest BCUT2D eigenvalue weighted by atomic mass is 10.1. The van der Waals surface area contributed by atoms with Gasteiger partial charge in [0.15, 0.2) is 0 Å². The summed E-state index contributed by atoms with van der Waals surface area (Å²) in [5, 5.41) is 2.91. The Labute approximate surface area is 232 Å². The fourth-order valence-electron chi connectivity index (χ4n) is 4.41. The number of anilines is 1. The summed E-state index contributed by atoms with van der Waals surface area (Å²) in [6.07, 6.45) is 2.36. The molecule has 0 aliphatic rings. The maximum absolute atomic E-state index is 14.0. The third kappa shape index (κ3) is 7.69. The molecular formula is C31H39N3O4S. The number of hydrogen-bond acceptors (Lipinski definition) is 4. The topological polar surface area (TPSA) is 86.8 Å². The molecule has 1 atom stereocenters. The third-order valence-electron chi connectivity index (χ3n) is 6.68. The van der Waals surface area contributed by atoms with Gasteiger partial charge in [-0.25, -0.2) is 8.42 Å². The van der Waals surface area contributed by atoms with Crippen LogP contribution in [-0.2, 0) is 32.6 Å². The summed E-state index contributed by atoms with van der Waals surface area (Å²) in [5.41, 5.74) is 3.15. The molecule has 0 aliphatic heterocycles. The number of unbranched alkanes of at least 4 members (excludes halogenated alkanes) is 1. The quantitative estimate of drug-likeness (QED) is 0.301. The summed E-state index contributed by atoms with van der Waals surface area (Å²) in [4.78, 5) is 28.6. The lowest BCUT2D eigenvalue weighted by Gasteiger charge is -2.32. The zero-order valence-electron chi connectivity index (χ0n) is 23.3. The van der Waals surface area contributed by atoms with Crippen LogP contribution in [0, 0.1) is 6.92 Å². The third-order valence-corrected chi connectivity index (χ3v) is 8.46. The monoisotopic (exact) mass is 549 g/mol. The molecule has 0 saturated heterocycles. The van der Waals surface area contributed by atoms with Crippen molar-refractivity contribution in [3.63, 3.8) is 0 Å². The molecule has 3 rings (SSSR count). The summed E-state index contributed by atoms with van der Waals surface area (Å²) in [7, 11) is -4.07. The van der Waals surface area contributed by atoms with Gasteiger partial charge in [-0.3, -0.25) is 13.9 Å². The van der Waals surface area contributed by atoms with Gasteiger partial charge in [-0.2, -0.15) is 0 Å². The molecule has 0 aromatic heterocycles. The molecule has 0 fully saturated rings. The molecule has 7 nitrogen and oxygen atoms in total. The first-order valence-corrected chi connectivity index (χ1v) is 14.9. The molecule has 0 aliphatic carbocycles. The number of carbonyl (C=O) groups is 2. The number of sulfonamides is 1. The van der Waals surface area contributed by atoms with E-state index in [4.69, 9.17) is 0 Å². The largest absolute Gasteiger partial charge is 0.354 e. The van der Waals surface area contributed by atoms with Gasteiger partial charge in [0.25, 0.3) is 10.0 Å². The Morgan fingerprint density at radius 2 is 1.62 bits per heavy atom. The molecule has 0 spiro atoms. The fraction of sp³-hybridized carbons (Fsp3) is 0.355. The van der Waals surface area contributed by atoms with Crippen molar-refractivity contribution in [3.05, 3.63) is 95.6 Å². The van der Waals surface area contributed by atoms with Crippen molar-refractivity contribution in [1.29, 1.82) is 0 Å². The highest BCUT2D eigenvalue weighted by molar-refractivity contribution is 7.92. The van der Waals surface area contributed by atoms with Gasteiger partial charge in [0, 0.05) is 13.1 Å². The van der Waals surface area contributed by atoms with Crippen LogP contribution >= 0.6 is 0 Å². The zero-order chi connectivity index (χ0) is 28.4. The minimum atomic E-state index is -4.07. The number of nitrogens with one attached hydrogen (secondary N) is 1. The second kappa shape index (κ2) is 13.9. The minimum Gasteiger partial charge on any atom is -0.354 e. The molecule has 208 valence electrons. The number of benzene rings is 3. The molecule has 0 saturated carbocycles. The lowest BCUT2D eigenvalue weighted by Crippen LogP contribution is -2.51. The Bertz CT molecular complexity index is 1360. The van der Waals surface area contributed by atoms with Crippen LogP contribution in [0.3, 0.4) is 0 Å². The van der Waals surface area contributed by atoms with E-state index in [9.17, 15) is 18.0 Å². The van der Waals surface area contributed by atoms with E-state index >= 15 is 0 Å². The number of aryl methyl sites for hydroxylation is 2. The van der Waals surface area contributed by atoms with E-state index < -0.39 is 28.5 Å². The minimum absolute atomic E-state index is 0.0966. The van der Waals surface area contributed by atoms with Gasteiger partial charge < -0.3 is 10.2 Å². The number of carbonyl (C=O) groups excluding carboxylic acids is 2. The van der Waals surface area contributed by atoms with E-state index in [1.54, 1.807) is 37.3 Å². The first-order valence-electron chi connectivity index (χ1n) is 13.5. The van der Waals surface area contributed by atoms with Gasteiger partial charge in [0.1, 0.15) is 12.6 Å². The standard InChI is InChI=1S/C31H39N3O4S/c1-5-7-20-32-31(36)25(4)33(22-26-15-13-14-24(3)21-26)30(35)23-34(29-19-12-11-16-27(29)6-2)39(37,38)28-17-9-8-10-18-28/h8-19,21,25H,5-7,20,22-23H2,1-4H3,(H,32,36). The first kappa shape index (κ1) is 29.9. The SMILES string of the molecule is CCCCNC(=O)C(C)N(Cc1cccc(C)c1)C(=O)CN(c1ccccc1CC)S(=O)(=O)c1ccccc1. The molecule has 0 radical (unpaired) electrons. The van der Waals surface area contributed by atoms with Crippen LogP contribution in [0.15, 0.2) is 83.8 Å². The van der Waals surface area contributed by atoms with Gasteiger partial charge in [-0.05, 0) is 56.0 Å². The highest BCUT2D eigenvalue weighted by Gasteiger charge is 2.33. The van der Waals surface area contributed by atoms with Crippen molar-refractivity contribution in [2.45, 2.75) is 64.4 Å². The second-order valence-corrected chi connectivity index (χ2v) is 11.5. The first-order chi connectivity index (χ1) is 18.7. The number of para-hydroxylation sites is 1. The molecule has 1 N–H and O–H groups in total. The Hall–Kier alpha value is -3.65. The van der Waals surface area contributed by atoms with Gasteiger partial charge in [0.05, 0.1) is 10.6 Å². The van der Waals surface area contributed by atoms with E-state index in [0.29, 0.717) is 18.7 Å². The van der Waals surface area contributed by atoms with E-state index in [1.807, 2.05) is 57.2 Å². The Morgan fingerprint density at radius 1 is 0.923 bits per heavy atom. The van der Waals surface area contributed by atoms with Crippen LogP contribution < -0.4 is 9.62 Å². The summed E-state index contributed by atoms with van der Waals surface area (Å²) in [5.74, 6) is -0.726. The van der Waals surface area contributed by atoms with E-state index in [0.717, 1.165) is 29.5 Å². The molecule has 2 amide bonds. The van der Waals surface area contributed by atoms with E-state index in [2.05, 4.69) is 5.32 Å². The average molecular weight is 550 g/mol. The molecule has 0 bridgehead atoms. The maximum atomic E-state index is 14.0. The van der Waals surface area contributed by atoms with E-state index in [1.165, 1.54) is 21.3 Å². The van der Waals surface area contributed by atoms with Crippen molar-refractivity contribution >= 4 is 27.5 Å². The molecular weight excluding hydrogens is 510 g/mol. The number of amides is 2. The fourth-order valence-corrected chi connectivity index (χ4v) is 5.89.